The number of allylic oxidation sites excluding steroid dienone is 16. The number of rotatable bonds is 62. The van der Waals surface area contributed by atoms with Crippen molar-refractivity contribution in [3.63, 3.8) is 0 Å². The molecular weight excluding hydrogens is 985 g/mol. The predicted octanol–water partition coefficient (Wildman–Crippen LogP) is 23.6. The van der Waals surface area contributed by atoms with Crippen molar-refractivity contribution in [2.24, 2.45) is 0 Å². The van der Waals surface area contributed by atoms with Crippen LogP contribution in [0.15, 0.2) is 97.2 Å². The van der Waals surface area contributed by atoms with Crippen LogP contribution in [0.5, 0.6) is 0 Å². The van der Waals surface area contributed by atoms with Gasteiger partial charge in [0, 0.05) is 19.3 Å². The van der Waals surface area contributed by atoms with Crippen molar-refractivity contribution in [2.45, 2.75) is 341 Å². The van der Waals surface area contributed by atoms with Crippen molar-refractivity contribution >= 4 is 17.9 Å². The Morgan fingerprint density at radius 2 is 0.500 bits per heavy atom. The highest BCUT2D eigenvalue weighted by Crippen LogP contribution is 2.17. The second-order valence-corrected chi connectivity index (χ2v) is 22.7. The van der Waals surface area contributed by atoms with Crippen LogP contribution in [0.4, 0.5) is 0 Å². The van der Waals surface area contributed by atoms with Gasteiger partial charge in [0.2, 0.25) is 0 Å². The first-order chi connectivity index (χ1) is 39.5. The molecule has 0 aromatic rings. The average Bonchev–Trinajstić information content (AvgIpc) is 3.46. The molecule has 0 aliphatic rings. The lowest BCUT2D eigenvalue weighted by atomic mass is 10.0. The van der Waals surface area contributed by atoms with E-state index < -0.39 is 6.10 Å². The summed E-state index contributed by atoms with van der Waals surface area (Å²) in [5.74, 6) is -0.886. The third-order valence-corrected chi connectivity index (χ3v) is 14.8. The molecule has 0 heterocycles. The summed E-state index contributed by atoms with van der Waals surface area (Å²) in [6.45, 7) is 6.48. The summed E-state index contributed by atoms with van der Waals surface area (Å²) in [6.07, 6.45) is 91.4. The van der Waals surface area contributed by atoms with Gasteiger partial charge in [0.1, 0.15) is 13.2 Å². The molecule has 460 valence electrons. The second kappa shape index (κ2) is 67.8. The van der Waals surface area contributed by atoms with Gasteiger partial charge in [0.25, 0.3) is 0 Å². The molecule has 6 nitrogen and oxygen atoms in total. The molecule has 0 saturated heterocycles. The molecule has 0 rings (SSSR count). The first-order valence-electron chi connectivity index (χ1n) is 34.2. The normalized spacial score (nSPS) is 12.7. The molecule has 0 aliphatic carbocycles. The van der Waals surface area contributed by atoms with E-state index in [4.69, 9.17) is 14.2 Å². The number of hydrogen-bond acceptors (Lipinski definition) is 6. The smallest absolute Gasteiger partial charge is 0.306 e. The Balaban J connectivity index is 4.26. The van der Waals surface area contributed by atoms with E-state index in [-0.39, 0.29) is 31.1 Å². The maximum absolute atomic E-state index is 12.9. The Hall–Kier alpha value is -3.67. The lowest BCUT2D eigenvalue weighted by Gasteiger charge is -2.18. The van der Waals surface area contributed by atoms with E-state index in [1.54, 1.807) is 0 Å². The van der Waals surface area contributed by atoms with Gasteiger partial charge < -0.3 is 14.2 Å². The van der Waals surface area contributed by atoms with E-state index in [1.165, 1.54) is 186 Å². The molecule has 0 aromatic heterocycles. The molecule has 1 unspecified atom stereocenters. The Labute approximate surface area is 496 Å². The zero-order valence-electron chi connectivity index (χ0n) is 52.8. The molecule has 80 heavy (non-hydrogen) atoms. The van der Waals surface area contributed by atoms with Crippen molar-refractivity contribution in [3.05, 3.63) is 97.2 Å². The van der Waals surface area contributed by atoms with E-state index in [2.05, 4.69) is 118 Å². The Morgan fingerprint density at radius 1 is 0.263 bits per heavy atom. The van der Waals surface area contributed by atoms with Crippen molar-refractivity contribution < 1.29 is 28.6 Å². The highest BCUT2D eigenvalue weighted by molar-refractivity contribution is 5.71. The molecule has 0 aliphatic heterocycles. The van der Waals surface area contributed by atoms with Gasteiger partial charge >= 0.3 is 17.9 Å². The van der Waals surface area contributed by atoms with Crippen LogP contribution in [0.1, 0.15) is 335 Å². The van der Waals surface area contributed by atoms with Crippen molar-refractivity contribution in [3.8, 4) is 0 Å². The minimum atomic E-state index is -0.786. The first-order valence-corrected chi connectivity index (χ1v) is 34.2. The fraction of sp³-hybridized carbons (Fsp3) is 0.743. The van der Waals surface area contributed by atoms with Crippen LogP contribution in [-0.4, -0.2) is 37.2 Å². The molecule has 0 fully saturated rings. The SMILES string of the molecule is CC/C=C\C/C=C\C/C=C\C/C=C\CCCCCCCCCCCCCCCCCCC(=O)OCC(COC(=O)CCCCCCC/C=C\C/C=C\CCCC)OC(=O)CCCCCCCCCCC/C=C\C/C=C\CCCCC. The van der Waals surface area contributed by atoms with Crippen LogP contribution < -0.4 is 0 Å². The standard InChI is InChI=1S/C74H128O6/c1-4-7-10-13-16-19-22-25-28-30-32-33-34-35-36-37-38-39-40-41-43-44-46-49-52-55-58-61-64-67-73(76)79-70-71(69-78-72(75)66-63-60-57-54-51-48-27-24-21-18-15-12-9-6-3)80-74(77)68-65-62-59-56-53-50-47-45-42-31-29-26-23-20-17-14-11-8-5-2/h7,10,15-20,24-29,32-33,71H,4-6,8-9,11-14,21-23,30-31,34-70H2,1-3H3/b10-7-,18-15-,19-16-,20-17-,27-24-,28-25-,29-26-,33-32-. The van der Waals surface area contributed by atoms with Crippen LogP contribution in [0.25, 0.3) is 0 Å². The molecule has 0 saturated carbocycles. The van der Waals surface area contributed by atoms with E-state index in [0.717, 1.165) is 109 Å². The highest BCUT2D eigenvalue weighted by Gasteiger charge is 2.19. The fourth-order valence-corrected chi connectivity index (χ4v) is 9.66. The molecule has 0 N–H and O–H groups in total. The largest absolute Gasteiger partial charge is 0.462 e. The zero-order chi connectivity index (χ0) is 57.8. The number of hydrogen-bond donors (Lipinski definition) is 0. The quantitative estimate of drug-likeness (QED) is 0.0261. The van der Waals surface area contributed by atoms with E-state index >= 15 is 0 Å². The van der Waals surface area contributed by atoms with E-state index in [0.29, 0.717) is 19.3 Å². The topological polar surface area (TPSA) is 78.9 Å². The predicted molar refractivity (Wildman–Crippen MR) is 348 cm³/mol. The third-order valence-electron chi connectivity index (χ3n) is 14.8. The van der Waals surface area contributed by atoms with Crippen molar-refractivity contribution in [1.29, 1.82) is 0 Å². The molecule has 1 atom stereocenters. The minimum Gasteiger partial charge on any atom is -0.462 e. The summed E-state index contributed by atoms with van der Waals surface area (Å²) in [5, 5.41) is 0. The zero-order valence-corrected chi connectivity index (χ0v) is 52.8. The Bertz CT molecular complexity index is 1560. The number of esters is 3. The summed E-state index contributed by atoms with van der Waals surface area (Å²) >= 11 is 0. The summed E-state index contributed by atoms with van der Waals surface area (Å²) < 4.78 is 17.0. The Morgan fingerprint density at radius 3 is 0.800 bits per heavy atom. The van der Waals surface area contributed by atoms with Crippen molar-refractivity contribution in [1.82, 2.24) is 0 Å². The van der Waals surface area contributed by atoms with Crippen LogP contribution >= 0.6 is 0 Å². The number of carbonyl (C=O) groups is 3. The van der Waals surface area contributed by atoms with Gasteiger partial charge in [-0.15, -0.1) is 0 Å². The van der Waals surface area contributed by atoms with Gasteiger partial charge in [-0.05, 0) is 116 Å². The number of unbranched alkanes of at least 4 members (excludes halogenated alkanes) is 35. The molecule has 0 aromatic carbocycles. The number of ether oxygens (including phenoxy) is 3. The lowest BCUT2D eigenvalue weighted by Crippen LogP contribution is -2.30. The van der Waals surface area contributed by atoms with E-state index in [1.807, 2.05) is 0 Å². The Kier molecular flexibility index (Phi) is 64.7. The van der Waals surface area contributed by atoms with Crippen LogP contribution in [0.2, 0.25) is 0 Å². The van der Waals surface area contributed by atoms with Gasteiger partial charge in [-0.1, -0.05) is 298 Å². The van der Waals surface area contributed by atoms with Gasteiger partial charge in [-0.3, -0.25) is 14.4 Å². The van der Waals surface area contributed by atoms with Crippen LogP contribution in [0, 0.1) is 0 Å². The third kappa shape index (κ3) is 65.1. The van der Waals surface area contributed by atoms with Gasteiger partial charge in [0.15, 0.2) is 6.10 Å². The van der Waals surface area contributed by atoms with Gasteiger partial charge in [-0.2, -0.15) is 0 Å². The summed E-state index contributed by atoms with van der Waals surface area (Å²) in [7, 11) is 0. The van der Waals surface area contributed by atoms with Crippen LogP contribution in [0.3, 0.4) is 0 Å². The monoisotopic (exact) mass is 1110 g/mol. The second-order valence-electron chi connectivity index (χ2n) is 22.7. The van der Waals surface area contributed by atoms with Gasteiger partial charge in [-0.25, -0.2) is 0 Å². The van der Waals surface area contributed by atoms with E-state index in [9.17, 15) is 14.4 Å². The molecule has 6 heteroatoms. The first kappa shape index (κ1) is 76.3. The lowest BCUT2D eigenvalue weighted by molar-refractivity contribution is -0.167. The van der Waals surface area contributed by atoms with Crippen molar-refractivity contribution in [2.75, 3.05) is 13.2 Å². The summed E-state index contributed by atoms with van der Waals surface area (Å²) in [4.78, 5) is 38.4. The summed E-state index contributed by atoms with van der Waals surface area (Å²) in [5.41, 5.74) is 0. The molecule has 0 spiro atoms. The number of carbonyl (C=O) groups excluding carboxylic acids is 3. The molecular formula is C74H128O6. The van der Waals surface area contributed by atoms with Crippen LogP contribution in [-0.2, 0) is 28.6 Å². The average molecular weight is 1110 g/mol. The molecule has 0 bridgehead atoms. The summed E-state index contributed by atoms with van der Waals surface area (Å²) in [6, 6.07) is 0. The highest BCUT2D eigenvalue weighted by atomic mass is 16.6. The minimum absolute atomic E-state index is 0.0813. The maximum atomic E-state index is 12.9. The molecule has 0 amide bonds. The van der Waals surface area contributed by atoms with Gasteiger partial charge in [0.05, 0.1) is 0 Å². The molecule has 0 radical (unpaired) electrons. The fourth-order valence-electron chi connectivity index (χ4n) is 9.66. The maximum Gasteiger partial charge on any atom is 0.306 e.